The average molecular weight is 371 g/mol. The Morgan fingerprint density at radius 3 is 2.42 bits per heavy atom. The summed E-state index contributed by atoms with van der Waals surface area (Å²) in [6.07, 6.45) is -5.31. The predicted octanol–water partition coefficient (Wildman–Crippen LogP) is 2.17. The Kier molecular flexibility index (Phi) is 6.38. The van der Waals surface area contributed by atoms with Crippen molar-refractivity contribution in [2.24, 2.45) is 0 Å². The molecule has 0 spiro atoms. The number of anilines is 1. The molecule has 0 fully saturated rings. The van der Waals surface area contributed by atoms with E-state index in [2.05, 4.69) is 9.97 Å². The summed E-state index contributed by atoms with van der Waals surface area (Å²) in [6, 6.07) is 5.91. The number of ether oxygens (including phenoxy) is 1. The molecule has 0 radical (unpaired) electrons. The molecule has 6 nitrogen and oxygen atoms in total. The molecule has 1 unspecified atom stereocenters. The number of alkyl halides is 3. The van der Waals surface area contributed by atoms with Gasteiger partial charge in [0, 0.05) is 19.3 Å². The van der Waals surface area contributed by atoms with E-state index in [1.54, 1.807) is 24.9 Å². The van der Waals surface area contributed by atoms with E-state index in [1.807, 2.05) is 0 Å². The van der Waals surface area contributed by atoms with Gasteiger partial charge in [-0.3, -0.25) is 0 Å². The Morgan fingerprint density at radius 1 is 1.19 bits per heavy atom. The highest BCUT2D eigenvalue weighted by molar-refractivity contribution is 5.31. The maximum atomic E-state index is 12.5. The Labute approximate surface area is 148 Å². The van der Waals surface area contributed by atoms with E-state index < -0.39 is 17.8 Å². The summed E-state index contributed by atoms with van der Waals surface area (Å²) in [5.41, 5.74) is 0.387. The molecule has 2 aromatic rings. The molecule has 0 aliphatic carbocycles. The van der Waals surface area contributed by atoms with Crippen molar-refractivity contribution in [1.29, 1.82) is 0 Å². The van der Waals surface area contributed by atoms with Crippen molar-refractivity contribution < 1.29 is 28.1 Å². The highest BCUT2D eigenvalue weighted by atomic mass is 19.4. The third-order valence-corrected chi connectivity index (χ3v) is 3.51. The number of aryl methyl sites for hydroxylation is 1. The molecular weight excluding hydrogens is 351 g/mol. The standard InChI is InChI=1S/C17H20F3N3O3/c1-11-7-13(9-24)22-16(21-11)23(2)8-14(25)10-26-15-5-3-12(4-6-15)17(18,19)20/h3-7,14,24-25H,8-10H2,1-2H3. The minimum absolute atomic E-state index is 0.103. The van der Waals surface area contributed by atoms with Gasteiger partial charge in [0.25, 0.3) is 0 Å². The van der Waals surface area contributed by atoms with Gasteiger partial charge in [0.2, 0.25) is 5.95 Å². The number of benzene rings is 1. The SMILES string of the molecule is Cc1cc(CO)nc(N(C)CC(O)COc2ccc(C(F)(F)F)cc2)n1. The van der Waals surface area contributed by atoms with Crippen LogP contribution < -0.4 is 9.64 Å². The molecule has 0 saturated heterocycles. The van der Waals surface area contributed by atoms with Crippen molar-refractivity contribution >= 4 is 5.95 Å². The van der Waals surface area contributed by atoms with Gasteiger partial charge in [0.15, 0.2) is 0 Å². The number of aliphatic hydroxyl groups is 2. The molecule has 0 aliphatic heterocycles. The molecule has 1 aromatic carbocycles. The number of rotatable bonds is 7. The van der Waals surface area contributed by atoms with Gasteiger partial charge in [-0.25, -0.2) is 9.97 Å². The van der Waals surface area contributed by atoms with E-state index in [-0.39, 0.29) is 25.5 Å². The van der Waals surface area contributed by atoms with Crippen LogP contribution in [-0.2, 0) is 12.8 Å². The fourth-order valence-corrected chi connectivity index (χ4v) is 2.25. The molecule has 0 saturated carbocycles. The number of halogens is 3. The largest absolute Gasteiger partial charge is 0.491 e. The van der Waals surface area contributed by atoms with Gasteiger partial charge in [0.05, 0.1) is 17.9 Å². The summed E-state index contributed by atoms with van der Waals surface area (Å²) < 4.78 is 42.8. The van der Waals surface area contributed by atoms with Crippen molar-refractivity contribution in [1.82, 2.24) is 9.97 Å². The van der Waals surface area contributed by atoms with Crippen molar-refractivity contribution in [2.75, 3.05) is 25.1 Å². The lowest BCUT2D eigenvalue weighted by molar-refractivity contribution is -0.137. The average Bonchev–Trinajstić information content (AvgIpc) is 2.59. The number of aromatic nitrogens is 2. The zero-order valence-corrected chi connectivity index (χ0v) is 14.4. The second-order valence-corrected chi connectivity index (χ2v) is 5.83. The predicted molar refractivity (Wildman–Crippen MR) is 88.9 cm³/mol. The third-order valence-electron chi connectivity index (χ3n) is 3.51. The molecule has 0 aliphatic rings. The minimum Gasteiger partial charge on any atom is -0.491 e. The first kappa shape index (κ1) is 19.9. The van der Waals surface area contributed by atoms with Crippen LogP contribution in [0.15, 0.2) is 30.3 Å². The van der Waals surface area contributed by atoms with Crippen LogP contribution in [0.4, 0.5) is 19.1 Å². The maximum Gasteiger partial charge on any atom is 0.416 e. The molecular formula is C17H20F3N3O3. The van der Waals surface area contributed by atoms with Crippen molar-refractivity contribution in [3.8, 4) is 5.75 Å². The van der Waals surface area contributed by atoms with E-state index >= 15 is 0 Å². The molecule has 2 N–H and O–H groups in total. The van der Waals surface area contributed by atoms with Gasteiger partial charge >= 0.3 is 6.18 Å². The van der Waals surface area contributed by atoms with Crippen LogP contribution >= 0.6 is 0 Å². The number of likely N-dealkylation sites (N-methyl/N-ethyl adjacent to an activating group) is 1. The van der Waals surface area contributed by atoms with Crippen LogP contribution in [-0.4, -0.2) is 46.5 Å². The number of hydrogen-bond donors (Lipinski definition) is 2. The lowest BCUT2D eigenvalue weighted by Crippen LogP contribution is -2.34. The first-order valence-corrected chi connectivity index (χ1v) is 7.83. The first-order chi connectivity index (χ1) is 12.2. The van der Waals surface area contributed by atoms with Gasteiger partial charge in [0.1, 0.15) is 18.5 Å². The number of hydrogen-bond acceptors (Lipinski definition) is 6. The third kappa shape index (κ3) is 5.57. The fourth-order valence-electron chi connectivity index (χ4n) is 2.25. The second-order valence-electron chi connectivity index (χ2n) is 5.83. The van der Waals surface area contributed by atoms with E-state index in [0.29, 0.717) is 17.3 Å². The Bertz CT molecular complexity index is 723. The quantitative estimate of drug-likeness (QED) is 0.777. The van der Waals surface area contributed by atoms with E-state index in [1.165, 1.54) is 12.1 Å². The monoisotopic (exact) mass is 371 g/mol. The van der Waals surface area contributed by atoms with Crippen molar-refractivity contribution in [2.45, 2.75) is 25.8 Å². The maximum absolute atomic E-state index is 12.5. The zero-order valence-electron chi connectivity index (χ0n) is 14.4. The Morgan fingerprint density at radius 2 is 1.85 bits per heavy atom. The number of aliphatic hydroxyl groups excluding tert-OH is 2. The van der Waals surface area contributed by atoms with Crippen LogP contribution in [0.3, 0.4) is 0 Å². The molecule has 9 heteroatoms. The van der Waals surface area contributed by atoms with Gasteiger partial charge in [-0.15, -0.1) is 0 Å². The van der Waals surface area contributed by atoms with Gasteiger partial charge in [-0.1, -0.05) is 0 Å². The Balaban J connectivity index is 1.90. The normalized spacial score (nSPS) is 12.7. The van der Waals surface area contributed by atoms with E-state index in [9.17, 15) is 23.4 Å². The van der Waals surface area contributed by atoms with Gasteiger partial charge in [-0.05, 0) is 37.3 Å². The van der Waals surface area contributed by atoms with Crippen LogP contribution in [0.2, 0.25) is 0 Å². The summed E-state index contributed by atoms with van der Waals surface area (Å²) in [5.74, 6) is 0.580. The molecule has 26 heavy (non-hydrogen) atoms. The summed E-state index contributed by atoms with van der Waals surface area (Å²) >= 11 is 0. The summed E-state index contributed by atoms with van der Waals surface area (Å²) in [5, 5.41) is 19.3. The molecule has 0 amide bonds. The fraction of sp³-hybridized carbons (Fsp3) is 0.412. The topological polar surface area (TPSA) is 78.7 Å². The van der Waals surface area contributed by atoms with Gasteiger partial charge in [-0.2, -0.15) is 13.2 Å². The van der Waals surface area contributed by atoms with E-state index in [4.69, 9.17) is 4.74 Å². The van der Waals surface area contributed by atoms with E-state index in [0.717, 1.165) is 12.1 Å². The summed E-state index contributed by atoms with van der Waals surface area (Å²) in [6.45, 7) is 1.59. The van der Waals surface area contributed by atoms with Gasteiger partial charge < -0.3 is 19.8 Å². The zero-order chi connectivity index (χ0) is 19.3. The number of nitrogens with zero attached hydrogens (tertiary/aromatic N) is 3. The molecule has 1 atom stereocenters. The van der Waals surface area contributed by atoms with Crippen molar-refractivity contribution in [3.63, 3.8) is 0 Å². The summed E-state index contributed by atoms with van der Waals surface area (Å²) in [7, 11) is 1.68. The molecule has 1 heterocycles. The molecule has 0 bridgehead atoms. The lowest BCUT2D eigenvalue weighted by atomic mass is 10.2. The summed E-state index contributed by atoms with van der Waals surface area (Å²) in [4.78, 5) is 10.00. The molecule has 1 aromatic heterocycles. The molecule has 2 rings (SSSR count). The first-order valence-electron chi connectivity index (χ1n) is 7.83. The molecule has 142 valence electrons. The van der Waals surface area contributed by atoms with Crippen LogP contribution in [0.25, 0.3) is 0 Å². The smallest absolute Gasteiger partial charge is 0.416 e. The van der Waals surface area contributed by atoms with Crippen molar-refractivity contribution in [3.05, 3.63) is 47.3 Å². The highest BCUT2D eigenvalue weighted by Crippen LogP contribution is 2.30. The van der Waals surface area contributed by atoms with Crippen LogP contribution in [0.5, 0.6) is 5.75 Å². The Hall–Kier alpha value is -2.39. The second kappa shape index (κ2) is 8.33. The minimum atomic E-state index is -4.40. The van der Waals surface area contributed by atoms with Crippen LogP contribution in [0, 0.1) is 6.92 Å². The lowest BCUT2D eigenvalue weighted by Gasteiger charge is -2.21. The highest BCUT2D eigenvalue weighted by Gasteiger charge is 2.30. The van der Waals surface area contributed by atoms with Crippen LogP contribution in [0.1, 0.15) is 17.0 Å².